The molecule has 7 heteroatoms. The summed E-state index contributed by atoms with van der Waals surface area (Å²) in [6.07, 6.45) is 1.52. The highest BCUT2D eigenvalue weighted by atomic mass is 127. The van der Waals surface area contributed by atoms with Crippen LogP contribution in [0, 0.1) is 14.1 Å². The Kier molecular flexibility index (Phi) is 6.63. The highest BCUT2D eigenvalue weighted by Gasteiger charge is 2.05. The van der Waals surface area contributed by atoms with E-state index in [-0.39, 0.29) is 18.3 Å². The van der Waals surface area contributed by atoms with Crippen molar-refractivity contribution in [3.05, 3.63) is 54.7 Å². The lowest BCUT2D eigenvalue weighted by molar-refractivity contribution is -0.123. The molecule has 0 saturated carbocycles. The topological polar surface area (TPSA) is 70.9 Å². The average molecular weight is 536 g/mol. The number of nitrogens with zero attached hydrogens (tertiary/aromatic N) is 1. The Morgan fingerprint density at radius 2 is 1.87 bits per heavy atom. The molecule has 0 spiro atoms. The lowest BCUT2D eigenvalue weighted by atomic mass is 10.2. The molecule has 2 aromatic carbocycles. The van der Waals surface area contributed by atoms with Crippen LogP contribution >= 0.6 is 45.2 Å². The van der Waals surface area contributed by atoms with Crippen molar-refractivity contribution in [3.8, 4) is 11.5 Å². The van der Waals surface area contributed by atoms with Crippen LogP contribution in [0.2, 0.25) is 0 Å². The second kappa shape index (κ2) is 8.48. The number of hydrogen-bond acceptors (Lipinski definition) is 4. The van der Waals surface area contributed by atoms with Crippen LogP contribution in [0.3, 0.4) is 0 Å². The quantitative estimate of drug-likeness (QED) is 0.350. The van der Waals surface area contributed by atoms with Crippen molar-refractivity contribution in [3.63, 3.8) is 0 Å². The van der Waals surface area contributed by atoms with E-state index >= 15 is 0 Å². The fraction of sp³-hybridized carbons (Fsp3) is 0.125. The number of hydrazone groups is 1. The summed E-state index contributed by atoms with van der Waals surface area (Å²) < 4.78 is 6.81. The molecule has 2 rings (SSSR count). The Labute approximate surface area is 161 Å². The van der Waals surface area contributed by atoms with E-state index in [0.29, 0.717) is 5.75 Å². The van der Waals surface area contributed by atoms with Crippen molar-refractivity contribution in [1.29, 1.82) is 0 Å². The van der Waals surface area contributed by atoms with Gasteiger partial charge in [-0.2, -0.15) is 5.10 Å². The molecular formula is C16H14I2N2O3. The maximum atomic E-state index is 11.7. The van der Waals surface area contributed by atoms with Crippen molar-refractivity contribution in [1.82, 2.24) is 5.43 Å². The van der Waals surface area contributed by atoms with Crippen molar-refractivity contribution in [2.45, 2.75) is 6.92 Å². The smallest absolute Gasteiger partial charge is 0.277 e. The highest BCUT2D eigenvalue weighted by Crippen LogP contribution is 2.26. The Hall–Kier alpha value is -1.36. The molecule has 2 aromatic rings. The monoisotopic (exact) mass is 536 g/mol. The highest BCUT2D eigenvalue weighted by molar-refractivity contribution is 14.1. The number of amides is 1. The molecule has 5 nitrogen and oxygen atoms in total. The number of ether oxygens (including phenoxy) is 1. The molecule has 0 aromatic heterocycles. The Balaban J connectivity index is 1.85. The summed E-state index contributed by atoms with van der Waals surface area (Å²) in [6, 6.07) is 11.0. The summed E-state index contributed by atoms with van der Waals surface area (Å²) >= 11 is 4.08. The van der Waals surface area contributed by atoms with Crippen LogP contribution in [0.5, 0.6) is 11.5 Å². The molecule has 120 valence electrons. The van der Waals surface area contributed by atoms with Gasteiger partial charge in [0.05, 0.1) is 13.4 Å². The van der Waals surface area contributed by atoms with Gasteiger partial charge in [-0.15, -0.1) is 0 Å². The number of phenols is 1. The Morgan fingerprint density at radius 3 is 2.48 bits per heavy atom. The maximum Gasteiger partial charge on any atom is 0.277 e. The molecule has 0 heterocycles. The minimum Gasteiger partial charge on any atom is -0.506 e. The fourth-order valence-electron chi connectivity index (χ4n) is 1.65. The van der Waals surface area contributed by atoms with Gasteiger partial charge in [-0.3, -0.25) is 4.79 Å². The van der Waals surface area contributed by atoms with Crippen LogP contribution < -0.4 is 10.2 Å². The van der Waals surface area contributed by atoms with E-state index in [2.05, 4.69) is 10.5 Å². The van der Waals surface area contributed by atoms with Crippen molar-refractivity contribution in [2.75, 3.05) is 6.61 Å². The zero-order valence-corrected chi connectivity index (χ0v) is 16.5. The SMILES string of the molecule is Cc1ccc(OCC(=O)N/N=C/c2cc(I)c(O)c(I)c2)cc1. The third kappa shape index (κ3) is 5.65. The van der Waals surface area contributed by atoms with Crippen molar-refractivity contribution in [2.24, 2.45) is 5.10 Å². The number of carbonyl (C=O) groups excluding carboxylic acids is 1. The first-order valence-electron chi connectivity index (χ1n) is 6.65. The standard InChI is InChI=1S/C16H14I2N2O3/c1-10-2-4-12(5-3-10)23-9-15(21)20-19-8-11-6-13(17)16(22)14(18)7-11/h2-8,22H,9H2,1H3,(H,20,21)/b19-8+. The Bertz CT molecular complexity index is 708. The van der Waals surface area contributed by atoms with Gasteiger partial charge in [0, 0.05) is 0 Å². The molecule has 0 fully saturated rings. The molecule has 0 atom stereocenters. The van der Waals surface area contributed by atoms with Gasteiger partial charge in [-0.05, 0) is 81.9 Å². The molecule has 0 saturated heterocycles. The third-order valence-electron chi connectivity index (χ3n) is 2.83. The number of phenolic OH excluding ortho intramolecular Hbond substituents is 1. The van der Waals surface area contributed by atoms with Gasteiger partial charge >= 0.3 is 0 Å². The number of hydrogen-bond donors (Lipinski definition) is 2. The molecule has 0 aliphatic carbocycles. The van der Waals surface area contributed by atoms with Crippen LogP contribution in [0.4, 0.5) is 0 Å². The number of aryl methyl sites for hydroxylation is 1. The molecule has 2 N–H and O–H groups in total. The first-order valence-corrected chi connectivity index (χ1v) is 8.81. The lowest BCUT2D eigenvalue weighted by Gasteiger charge is -2.05. The molecule has 0 aliphatic heterocycles. The van der Waals surface area contributed by atoms with E-state index in [1.807, 2.05) is 76.4 Å². The van der Waals surface area contributed by atoms with Crippen LogP contribution in [0.1, 0.15) is 11.1 Å². The zero-order chi connectivity index (χ0) is 16.8. The molecule has 0 aliphatic rings. The van der Waals surface area contributed by atoms with Gasteiger partial charge in [0.1, 0.15) is 11.5 Å². The largest absolute Gasteiger partial charge is 0.506 e. The summed E-state index contributed by atoms with van der Waals surface area (Å²) in [7, 11) is 0. The molecule has 0 bridgehead atoms. The number of aromatic hydroxyl groups is 1. The lowest BCUT2D eigenvalue weighted by Crippen LogP contribution is -2.24. The van der Waals surface area contributed by atoms with E-state index in [0.717, 1.165) is 18.3 Å². The molecule has 1 amide bonds. The molecule has 23 heavy (non-hydrogen) atoms. The van der Waals surface area contributed by atoms with Crippen LogP contribution in [-0.4, -0.2) is 23.8 Å². The normalized spacial score (nSPS) is 10.7. The third-order valence-corrected chi connectivity index (χ3v) is 4.48. The van der Waals surface area contributed by atoms with Gasteiger partial charge in [0.25, 0.3) is 5.91 Å². The molecular weight excluding hydrogens is 522 g/mol. The number of rotatable bonds is 5. The van der Waals surface area contributed by atoms with Gasteiger partial charge in [-0.25, -0.2) is 5.43 Å². The summed E-state index contributed by atoms with van der Waals surface area (Å²) in [6.45, 7) is 1.88. The summed E-state index contributed by atoms with van der Waals surface area (Å²) in [5, 5.41) is 13.6. The van der Waals surface area contributed by atoms with E-state index in [9.17, 15) is 9.90 Å². The maximum absolute atomic E-state index is 11.7. The van der Waals surface area contributed by atoms with Crippen molar-refractivity contribution >= 4 is 57.3 Å². The van der Waals surface area contributed by atoms with E-state index in [1.54, 1.807) is 12.1 Å². The van der Waals surface area contributed by atoms with E-state index < -0.39 is 0 Å². The zero-order valence-electron chi connectivity index (χ0n) is 12.2. The minimum absolute atomic E-state index is 0.106. The van der Waals surface area contributed by atoms with E-state index in [1.165, 1.54) is 6.21 Å². The second-order valence-electron chi connectivity index (χ2n) is 4.73. The van der Waals surface area contributed by atoms with Crippen LogP contribution in [-0.2, 0) is 4.79 Å². The van der Waals surface area contributed by atoms with Crippen LogP contribution in [0.25, 0.3) is 0 Å². The van der Waals surface area contributed by atoms with Crippen LogP contribution in [0.15, 0.2) is 41.5 Å². The number of halogens is 2. The van der Waals surface area contributed by atoms with Gasteiger partial charge in [0.2, 0.25) is 0 Å². The molecule has 0 unspecified atom stereocenters. The number of nitrogens with one attached hydrogen (secondary N) is 1. The summed E-state index contributed by atoms with van der Waals surface area (Å²) in [4.78, 5) is 11.7. The number of carbonyl (C=O) groups is 1. The summed E-state index contributed by atoms with van der Waals surface area (Å²) in [5.74, 6) is 0.543. The predicted molar refractivity (Wildman–Crippen MR) is 106 cm³/mol. The first-order chi connectivity index (χ1) is 11.0. The first kappa shape index (κ1) is 18.0. The fourth-order valence-corrected chi connectivity index (χ4v) is 3.47. The van der Waals surface area contributed by atoms with Gasteiger partial charge < -0.3 is 9.84 Å². The average Bonchev–Trinajstić information content (AvgIpc) is 2.52. The summed E-state index contributed by atoms with van der Waals surface area (Å²) in [5.41, 5.74) is 4.32. The van der Waals surface area contributed by atoms with Crippen molar-refractivity contribution < 1.29 is 14.6 Å². The van der Waals surface area contributed by atoms with E-state index in [4.69, 9.17) is 4.74 Å². The Morgan fingerprint density at radius 1 is 1.26 bits per heavy atom. The van der Waals surface area contributed by atoms with Gasteiger partial charge in [-0.1, -0.05) is 17.7 Å². The molecule has 0 radical (unpaired) electrons. The van der Waals surface area contributed by atoms with Gasteiger partial charge in [0.15, 0.2) is 6.61 Å². The second-order valence-corrected chi connectivity index (χ2v) is 7.05. The predicted octanol–water partition coefficient (Wildman–Crippen LogP) is 3.44. The number of benzene rings is 2. The minimum atomic E-state index is -0.343.